The smallest absolute Gasteiger partial charge is 0.325 e. The van der Waals surface area contributed by atoms with Crippen LogP contribution in [-0.2, 0) is 16.1 Å². The lowest BCUT2D eigenvalue weighted by atomic mass is 10.2. The lowest BCUT2D eigenvalue weighted by Crippen LogP contribution is -2.22. The Morgan fingerprint density at radius 2 is 2.03 bits per heavy atom. The van der Waals surface area contributed by atoms with Crippen LogP contribution in [0.4, 0.5) is 0 Å². The van der Waals surface area contributed by atoms with Crippen molar-refractivity contribution in [3.63, 3.8) is 0 Å². The minimum Gasteiger partial charge on any atom is -0.468 e. The van der Waals surface area contributed by atoms with Crippen molar-refractivity contribution in [2.75, 3.05) is 19.7 Å². The van der Waals surface area contributed by atoms with E-state index in [1.165, 1.54) is 18.4 Å². The van der Waals surface area contributed by atoms with E-state index in [9.17, 15) is 9.59 Å². The van der Waals surface area contributed by atoms with Crippen LogP contribution in [0.2, 0.25) is 0 Å². The van der Waals surface area contributed by atoms with E-state index < -0.39 is 5.97 Å². The Morgan fingerprint density at radius 1 is 1.24 bits per heavy atom. The third-order valence-electron chi connectivity index (χ3n) is 4.28. The first-order valence-corrected chi connectivity index (χ1v) is 10.7. The molecule has 0 fully saturated rings. The van der Waals surface area contributed by atoms with Crippen molar-refractivity contribution in [1.82, 2.24) is 4.57 Å². The van der Waals surface area contributed by atoms with Crippen LogP contribution in [0.25, 0.3) is 10.2 Å². The molecular weight excluding hydrogens is 412 g/mol. The summed E-state index contributed by atoms with van der Waals surface area (Å²) in [6, 6.07) is 11.0. The van der Waals surface area contributed by atoms with Crippen molar-refractivity contribution in [3.8, 4) is 11.5 Å². The summed E-state index contributed by atoms with van der Waals surface area (Å²) >= 11 is 2.96. The minimum atomic E-state index is -0.433. The summed E-state index contributed by atoms with van der Waals surface area (Å²) in [5.41, 5.74) is 1.23. The highest BCUT2D eigenvalue weighted by Crippen LogP contribution is 2.37. The Kier molecular flexibility index (Phi) is 5.59. The molecule has 29 heavy (non-hydrogen) atoms. The van der Waals surface area contributed by atoms with Crippen molar-refractivity contribution in [2.24, 2.45) is 4.99 Å². The van der Waals surface area contributed by atoms with Gasteiger partial charge in [-0.15, -0.1) is 11.8 Å². The summed E-state index contributed by atoms with van der Waals surface area (Å²) in [7, 11) is 1.32. The zero-order valence-electron chi connectivity index (χ0n) is 15.8. The van der Waals surface area contributed by atoms with Gasteiger partial charge in [0.15, 0.2) is 16.3 Å². The summed E-state index contributed by atoms with van der Waals surface area (Å²) in [5, 5.41) is 0. The number of aromatic nitrogens is 1. The Morgan fingerprint density at radius 3 is 2.79 bits per heavy atom. The third kappa shape index (κ3) is 4.01. The van der Waals surface area contributed by atoms with Gasteiger partial charge in [0, 0.05) is 22.6 Å². The van der Waals surface area contributed by atoms with Gasteiger partial charge in [0.05, 0.1) is 17.3 Å². The number of amides is 1. The molecule has 0 unspecified atom stereocenters. The second-order valence-corrected chi connectivity index (χ2v) is 8.44. The fourth-order valence-electron chi connectivity index (χ4n) is 2.93. The van der Waals surface area contributed by atoms with E-state index in [1.807, 2.05) is 24.3 Å². The van der Waals surface area contributed by atoms with Crippen LogP contribution in [0.5, 0.6) is 11.5 Å². The standard InChI is InChI=1S/C20H18N2O5S2/c1-3-28-13-6-4-5-12(7-13)19(24)21-20-22(10-18(23)25-2)14-8-15-16(27-11-26-15)9-17(14)29-20/h4-9H,3,10-11H2,1-2H3. The number of carbonyl (C=O) groups excluding carboxylic acids is 2. The molecule has 0 spiro atoms. The van der Waals surface area contributed by atoms with Gasteiger partial charge in [0.25, 0.3) is 5.91 Å². The highest BCUT2D eigenvalue weighted by Gasteiger charge is 2.19. The van der Waals surface area contributed by atoms with Gasteiger partial charge in [-0.25, -0.2) is 0 Å². The average molecular weight is 431 g/mol. The van der Waals surface area contributed by atoms with E-state index in [1.54, 1.807) is 28.5 Å². The van der Waals surface area contributed by atoms with Crippen LogP contribution in [0.3, 0.4) is 0 Å². The fourth-order valence-corrected chi connectivity index (χ4v) is 4.68. The summed E-state index contributed by atoms with van der Waals surface area (Å²) in [6.07, 6.45) is 0. The Balaban J connectivity index is 1.81. The van der Waals surface area contributed by atoms with Crippen molar-refractivity contribution in [2.45, 2.75) is 18.4 Å². The van der Waals surface area contributed by atoms with Gasteiger partial charge in [-0.3, -0.25) is 9.59 Å². The molecule has 0 radical (unpaired) electrons. The number of thiazole rings is 1. The van der Waals surface area contributed by atoms with Gasteiger partial charge in [-0.05, 0) is 24.0 Å². The first kappa shape index (κ1) is 19.5. The molecule has 0 atom stereocenters. The maximum Gasteiger partial charge on any atom is 0.325 e. The Bertz CT molecular complexity index is 1170. The molecule has 0 N–H and O–H groups in total. The second kappa shape index (κ2) is 8.30. The van der Waals surface area contributed by atoms with E-state index in [4.69, 9.17) is 14.2 Å². The number of carbonyl (C=O) groups is 2. The van der Waals surface area contributed by atoms with E-state index in [-0.39, 0.29) is 19.2 Å². The molecule has 0 saturated heterocycles. The first-order valence-electron chi connectivity index (χ1n) is 8.90. The van der Waals surface area contributed by atoms with Crippen LogP contribution in [-0.4, -0.2) is 36.1 Å². The van der Waals surface area contributed by atoms with Gasteiger partial charge in [0.1, 0.15) is 6.54 Å². The van der Waals surface area contributed by atoms with Crippen molar-refractivity contribution in [3.05, 3.63) is 46.8 Å². The number of hydrogen-bond donors (Lipinski definition) is 0. The van der Waals surface area contributed by atoms with Crippen LogP contribution < -0.4 is 14.3 Å². The molecule has 0 saturated carbocycles. The fraction of sp³-hybridized carbons (Fsp3) is 0.250. The highest BCUT2D eigenvalue weighted by atomic mass is 32.2. The van der Waals surface area contributed by atoms with E-state index in [2.05, 4.69) is 11.9 Å². The zero-order chi connectivity index (χ0) is 20.4. The molecule has 2 aromatic carbocycles. The van der Waals surface area contributed by atoms with Crippen molar-refractivity contribution >= 4 is 45.2 Å². The number of hydrogen-bond acceptors (Lipinski definition) is 7. The molecule has 9 heteroatoms. The van der Waals surface area contributed by atoms with E-state index in [0.717, 1.165) is 20.9 Å². The molecule has 7 nitrogen and oxygen atoms in total. The normalized spacial score (nSPS) is 13.1. The molecule has 1 aliphatic rings. The Hall–Kier alpha value is -2.78. The molecule has 1 aromatic heterocycles. The van der Waals surface area contributed by atoms with Crippen LogP contribution in [0, 0.1) is 0 Å². The number of methoxy groups -OCH3 is 1. The summed E-state index contributed by atoms with van der Waals surface area (Å²) < 4.78 is 18.2. The highest BCUT2D eigenvalue weighted by molar-refractivity contribution is 7.99. The first-order chi connectivity index (χ1) is 14.1. The number of thioether (sulfide) groups is 1. The summed E-state index contributed by atoms with van der Waals surface area (Å²) in [5.74, 6) is 1.34. The number of rotatable bonds is 5. The second-order valence-electron chi connectivity index (χ2n) is 6.10. The van der Waals surface area contributed by atoms with Crippen LogP contribution in [0.15, 0.2) is 46.3 Å². The van der Waals surface area contributed by atoms with Gasteiger partial charge in [-0.1, -0.05) is 24.3 Å². The lowest BCUT2D eigenvalue weighted by Gasteiger charge is -2.04. The summed E-state index contributed by atoms with van der Waals surface area (Å²) in [6.45, 7) is 2.15. The quantitative estimate of drug-likeness (QED) is 0.456. The number of benzene rings is 2. The largest absolute Gasteiger partial charge is 0.468 e. The molecular formula is C20H18N2O5S2. The van der Waals surface area contributed by atoms with E-state index in [0.29, 0.717) is 21.9 Å². The summed E-state index contributed by atoms with van der Waals surface area (Å²) in [4.78, 5) is 30.5. The van der Waals surface area contributed by atoms with Crippen molar-refractivity contribution in [1.29, 1.82) is 0 Å². The van der Waals surface area contributed by atoms with Gasteiger partial charge >= 0.3 is 5.97 Å². The lowest BCUT2D eigenvalue weighted by molar-refractivity contribution is -0.141. The molecule has 0 bridgehead atoms. The topological polar surface area (TPSA) is 79.1 Å². The number of nitrogens with zero attached hydrogens (tertiary/aromatic N) is 2. The molecule has 2 heterocycles. The molecule has 0 aliphatic carbocycles. The van der Waals surface area contributed by atoms with Crippen LogP contribution in [0.1, 0.15) is 17.3 Å². The maximum atomic E-state index is 12.8. The van der Waals surface area contributed by atoms with Gasteiger partial charge < -0.3 is 18.8 Å². The van der Waals surface area contributed by atoms with Gasteiger partial charge in [0.2, 0.25) is 6.79 Å². The zero-order valence-corrected chi connectivity index (χ0v) is 17.5. The van der Waals surface area contributed by atoms with Crippen molar-refractivity contribution < 1.29 is 23.8 Å². The average Bonchev–Trinajstić information content (AvgIpc) is 3.30. The third-order valence-corrected chi connectivity index (χ3v) is 6.20. The molecule has 1 aliphatic heterocycles. The SMILES string of the molecule is CCSc1cccc(C(=O)N=c2sc3cc4c(cc3n2CC(=O)OC)OCO4)c1. The molecule has 4 rings (SSSR count). The molecule has 1 amide bonds. The molecule has 3 aromatic rings. The predicted molar refractivity (Wildman–Crippen MR) is 111 cm³/mol. The predicted octanol–water partition coefficient (Wildman–Crippen LogP) is 3.46. The number of fused-ring (bicyclic) bond motifs is 2. The number of ether oxygens (including phenoxy) is 3. The van der Waals surface area contributed by atoms with Crippen LogP contribution >= 0.6 is 23.1 Å². The maximum absolute atomic E-state index is 12.8. The monoisotopic (exact) mass is 430 g/mol. The number of esters is 1. The van der Waals surface area contributed by atoms with E-state index >= 15 is 0 Å². The Labute approximate surface area is 174 Å². The van der Waals surface area contributed by atoms with Gasteiger partial charge in [-0.2, -0.15) is 4.99 Å². The molecule has 150 valence electrons. The minimum absolute atomic E-state index is 0.0615.